The van der Waals surface area contributed by atoms with E-state index in [2.05, 4.69) is 27.7 Å². The van der Waals surface area contributed by atoms with E-state index < -0.39 is 0 Å². The predicted molar refractivity (Wildman–Crippen MR) is 92.1 cm³/mol. The molecule has 0 aromatic carbocycles. The summed E-state index contributed by atoms with van der Waals surface area (Å²) >= 11 is 0. The maximum Gasteiger partial charge on any atom is 0.00953 e. The molecule has 0 fully saturated rings. The summed E-state index contributed by atoms with van der Waals surface area (Å²) in [5.74, 6) is 0. The van der Waals surface area contributed by atoms with Gasteiger partial charge in [0.15, 0.2) is 0 Å². The van der Waals surface area contributed by atoms with Gasteiger partial charge >= 0.3 is 0 Å². The van der Waals surface area contributed by atoms with E-state index in [-0.39, 0.29) is 5.48 Å². The summed E-state index contributed by atoms with van der Waals surface area (Å²) in [5.41, 5.74) is 6.94. The number of hydrogen-bond donors (Lipinski definition) is 1. The molecule has 0 spiro atoms. The van der Waals surface area contributed by atoms with Crippen LogP contribution >= 0.6 is 0 Å². The van der Waals surface area contributed by atoms with Crippen LogP contribution in [0.3, 0.4) is 0 Å². The second-order valence-corrected chi connectivity index (χ2v) is 6.34. The zero-order valence-electron chi connectivity index (χ0n) is 14.6. The van der Waals surface area contributed by atoms with Crippen molar-refractivity contribution < 1.29 is 5.48 Å². The minimum Gasteiger partial charge on any atom is -0.412 e. The Morgan fingerprint density at radius 2 is 1.25 bits per heavy atom. The quantitative estimate of drug-likeness (QED) is 0.463. The molecule has 0 aromatic heterocycles. The molecule has 0 saturated carbocycles. The molecule has 1 unspecified atom stereocenters. The van der Waals surface area contributed by atoms with E-state index in [9.17, 15) is 0 Å². The molecule has 0 saturated heterocycles. The molecular weight excluding hydrogens is 246 g/mol. The van der Waals surface area contributed by atoms with Gasteiger partial charge < -0.3 is 11.2 Å². The van der Waals surface area contributed by atoms with Crippen LogP contribution in [0.25, 0.3) is 0 Å². The lowest BCUT2D eigenvalue weighted by atomic mass is 9.70. The fourth-order valence-corrected chi connectivity index (χ4v) is 3.30. The van der Waals surface area contributed by atoms with E-state index in [4.69, 9.17) is 5.73 Å². The lowest BCUT2D eigenvalue weighted by molar-refractivity contribution is 0.168. The lowest BCUT2D eigenvalue weighted by Crippen LogP contribution is -2.41. The van der Waals surface area contributed by atoms with Crippen LogP contribution in [-0.4, -0.2) is 11.5 Å². The molecule has 124 valence electrons. The van der Waals surface area contributed by atoms with Crippen molar-refractivity contribution in [2.75, 3.05) is 0 Å². The summed E-state index contributed by atoms with van der Waals surface area (Å²) < 4.78 is 0. The zero-order valence-corrected chi connectivity index (χ0v) is 14.6. The average Bonchev–Trinajstić information content (AvgIpc) is 2.44. The van der Waals surface area contributed by atoms with Crippen molar-refractivity contribution in [3.8, 4) is 0 Å². The first-order chi connectivity index (χ1) is 9.16. The molecule has 0 aliphatic heterocycles. The monoisotopic (exact) mass is 287 g/mol. The van der Waals surface area contributed by atoms with Gasteiger partial charge in [0.25, 0.3) is 0 Å². The minimum absolute atomic E-state index is 0. The molecular formula is C18H41NO. The van der Waals surface area contributed by atoms with Crippen LogP contribution in [0.1, 0.15) is 105 Å². The van der Waals surface area contributed by atoms with Crippen molar-refractivity contribution >= 4 is 0 Å². The Labute approximate surface area is 128 Å². The number of unbranched alkanes of at least 4 members (excludes halogenated alkanes) is 6. The maximum atomic E-state index is 6.52. The third kappa shape index (κ3) is 8.26. The van der Waals surface area contributed by atoms with E-state index in [1.807, 2.05) is 0 Å². The van der Waals surface area contributed by atoms with Crippen molar-refractivity contribution in [1.29, 1.82) is 0 Å². The van der Waals surface area contributed by atoms with Gasteiger partial charge in [0.05, 0.1) is 0 Å². The molecule has 1 atom stereocenters. The topological polar surface area (TPSA) is 57.5 Å². The van der Waals surface area contributed by atoms with E-state index in [1.54, 1.807) is 0 Å². The van der Waals surface area contributed by atoms with Crippen LogP contribution in [-0.2, 0) is 0 Å². The van der Waals surface area contributed by atoms with Crippen LogP contribution < -0.4 is 5.73 Å². The van der Waals surface area contributed by atoms with Crippen molar-refractivity contribution in [3.05, 3.63) is 0 Å². The first-order valence-electron chi connectivity index (χ1n) is 8.92. The van der Waals surface area contributed by atoms with Gasteiger partial charge in [0.1, 0.15) is 0 Å². The molecule has 0 amide bonds. The Morgan fingerprint density at radius 1 is 0.750 bits per heavy atom. The van der Waals surface area contributed by atoms with Crippen molar-refractivity contribution in [2.24, 2.45) is 11.1 Å². The van der Waals surface area contributed by atoms with Gasteiger partial charge in [-0.3, -0.25) is 0 Å². The third-order valence-electron chi connectivity index (χ3n) is 5.09. The van der Waals surface area contributed by atoms with Gasteiger partial charge in [0, 0.05) is 6.04 Å². The van der Waals surface area contributed by atoms with E-state index in [0.717, 1.165) is 0 Å². The van der Waals surface area contributed by atoms with Gasteiger partial charge in [0.2, 0.25) is 0 Å². The van der Waals surface area contributed by atoms with Crippen LogP contribution in [0.5, 0.6) is 0 Å². The van der Waals surface area contributed by atoms with Gasteiger partial charge in [-0.1, -0.05) is 79.1 Å². The van der Waals surface area contributed by atoms with Gasteiger partial charge in [-0.05, 0) is 31.1 Å². The highest BCUT2D eigenvalue weighted by molar-refractivity contribution is 4.87. The largest absolute Gasteiger partial charge is 0.412 e. The van der Waals surface area contributed by atoms with Crippen LogP contribution in [0, 0.1) is 5.41 Å². The summed E-state index contributed by atoms with van der Waals surface area (Å²) in [5, 5.41) is 0. The SMILES string of the molecule is CCCCCCCCC(CC)(CC)C(N)CCCC.O. The van der Waals surface area contributed by atoms with Gasteiger partial charge in [-0.2, -0.15) is 0 Å². The molecule has 2 heteroatoms. The first-order valence-corrected chi connectivity index (χ1v) is 8.92. The van der Waals surface area contributed by atoms with Crippen LogP contribution in [0.4, 0.5) is 0 Å². The maximum absolute atomic E-state index is 6.52. The minimum atomic E-state index is 0. The van der Waals surface area contributed by atoms with Gasteiger partial charge in [-0.25, -0.2) is 0 Å². The second kappa shape index (κ2) is 13.9. The Kier molecular flexibility index (Phi) is 15.4. The second-order valence-electron chi connectivity index (χ2n) is 6.34. The molecule has 0 aliphatic carbocycles. The summed E-state index contributed by atoms with van der Waals surface area (Å²) in [6, 6.07) is 0.415. The van der Waals surface area contributed by atoms with Crippen molar-refractivity contribution in [3.63, 3.8) is 0 Å². The Hall–Kier alpha value is -0.0800. The molecule has 0 heterocycles. The molecule has 2 nitrogen and oxygen atoms in total. The van der Waals surface area contributed by atoms with Crippen molar-refractivity contribution in [2.45, 2.75) is 111 Å². The molecule has 0 aromatic rings. The Balaban J connectivity index is 0. The summed E-state index contributed by atoms with van der Waals surface area (Å²) in [6.07, 6.45) is 16.0. The standard InChI is InChI=1S/C18H39N.H2O/c1-5-9-11-12-13-14-16-18(7-3,8-4)17(19)15-10-6-2;/h17H,5-16,19H2,1-4H3;1H2. The predicted octanol–water partition coefficient (Wildman–Crippen LogP) is 5.24. The van der Waals surface area contributed by atoms with Crippen molar-refractivity contribution in [1.82, 2.24) is 0 Å². The summed E-state index contributed by atoms with van der Waals surface area (Å²) in [7, 11) is 0. The first kappa shape index (κ1) is 22.2. The zero-order chi connectivity index (χ0) is 14.6. The molecule has 4 N–H and O–H groups in total. The highest BCUT2D eigenvalue weighted by atomic mass is 16.0. The normalized spacial score (nSPS) is 13.1. The van der Waals surface area contributed by atoms with Crippen LogP contribution in [0.2, 0.25) is 0 Å². The van der Waals surface area contributed by atoms with Crippen LogP contribution in [0.15, 0.2) is 0 Å². The number of rotatable bonds is 13. The average molecular weight is 288 g/mol. The summed E-state index contributed by atoms with van der Waals surface area (Å²) in [4.78, 5) is 0. The smallest absolute Gasteiger partial charge is 0.00953 e. The summed E-state index contributed by atoms with van der Waals surface area (Å²) in [6.45, 7) is 9.23. The molecule has 0 aliphatic rings. The number of hydrogen-bond acceptors (Lipinski definition) is 1. The molecule has 20 heavy (non-hydrogen) atoms. The molecule has 0 bridgehead atoms. The third-order valence-corrected chi connectivity index (χ3v) is 5.09. The van der Waals surface area contributed by atoms with E-state index in [1.165, 1.54) is 77.0 Å². The molecule has 0 radical (unpaired) electrons. The number of nitrogens with two attached hydrogens (primary N) is 1. The fraction of sp³-hybridized carbons (Fsp3) is 1.00. The van der Waals surface area contributed by atoms with E-state index in [0.29, 0.717) is 11.5 Å². The Bertz CT molecular complexity index is 190. The van der Waals surface area contributed by atoms with E-state index >= 15 is 0 Å². The fourth-order valence-electron chi connectivity index (χ4n) is 3.30. The lowest BCUT2D eigenvalue weighted by Gasteiger charge is -2.38. The highest BCUT2D eigenvalue weighted by Crippen LogP contribution is 2.37. The Morgan fingerprint density at radius 3 is 1.75 bits per heavy atom. The molecule has 0 rings (SSSR count). The van der Waals surface area contributed by atoms with Gasteiger partial charge in [-0.15, -0.1) is 0 Å². The highest BCUT2D eigenvalue weighted by Gasteiger charge is 2.31.